The molecular formula is C22H27N3O2S. The number of rotatable bonds is 4. The minimum atomic E-state index is -0.447. The van der Waals surface area contributed by atoms with Gasteiger partial charge in [0.2, 0.25) is 5.91 Å². The van der Waals surface area contributed by atoms with Crippen molar-refractivity contribution in [2.24, 2.45) is 0 Å². The number of amides is 2. The topological polar surface area (TPSA) is 62.3 Å². The molecule has 2 aromatic rings. The number of nitrogens with zero attached hydrogens (tertiary/aromatic N) is 2. The third-order valence-corrected chi connectivity index (χ3v) is 7.23. The van der Waals surface area contributed by atoms with Gasteiger partial charge in [-0.2, -0.15) is 0 Å². The van der Waals surface area contributed by atoms with Crippen LogP contribution in [-0.2, 0) is 4.79 Å². The molecule has 2 atom stereocenters. The van der Waals surface area contributed by atoms with Crippen LogP contribution in [0.15, 0.2) is 29.6 Å². The van der Waals surface area contributed by atoms with Crippen LogP contribution in [0.5, 0.6) is 0 Å². The quantitative estimate of drug-likeness (QED) is 0.810. The normalized spacial score (nSPS) is 21.6. The van der Waals surface area contributed by atoms with E-state index in [9.17, 15) is 9.59 Å². The Hall–Kier alpha value is -2.21. The fourth-order valence-electron chi connectivity index (χ4n) is 5.02. The first-order chi connectivity index (χ1) is 13.5. The molecule has 0 saturated heterocycles. The molecule has 1 aliphatic heterocycles. The standard InChI is InChI=1S/C22H27N3O2S/c1-4-15(3)25-20(27)17-10-6-5-9-16(17)18(22(25)11-7-8-12-22)19(26)24-21-23-14(2)13-28-21/h5-6,9-10,13,15,18H,4,7-8,11-12H2,1-3H3,(H,23,24,26)/t15-,18-/m1/s1. The predicted molar refractivity (Wildman–Crippen MR) is 112 cm³/mol. The maximum absolute atomic E-state index is 13.6. The van der Waals surface area contributed by atoms with E-state index < -0.39 is 5.54 Å². The summed E-state index contributed by atoms with van der Waals surface area (Å²) in [4.78, 5) is 33.5. The highest BCUT2D eigenvalue weighted by atomic mass is 32.1. The SMILES string of the molecule is CC[C@@H](C)N1C(=O)c2ccccc2[C@H](C(=O)Nc2nc(C)cs2)C12CCCC2. The minimum absolute atomic E-state index is 0.0514. The van der Waals surface area contributed by atoms with Crippen LogP contribution in [-0.4, -0.2) is 33.3 Å². The van der Waals surface area contributed by atoms with Crippen LogP contribution in [0.25, 0.3) is 0 Å². The number of hydrogen-bond donors (Lipinski definition) is 1. The molecule has 1 spiro atoms. The van der Waals surface area contributed by atoms with Crippen LogP contribution < -0.4 is 5.32 Å². The summed E-state index contributed by atoms with van der Waals surface area (Å²) in [5, 5.41) is 5.61. The van der Waals surface area contributed by atoms with Crippen LogP contribution in [0.1, 0.15) is 73.5 Å². The van der Waals surface area contributed by atoms with Gasteiger partial charge in [0, 0.05) is 17.0 Å². The number of carbonyl (C=O) groups excluding carboxylic acids is 2. The third-order valence-electron chi connectivity index (χ3n) is 6.35. The number of carbonyl (C=O) groups is 2. The number of hydrogen-bond acceptors (Lipinski definition) is 4. The second kappa shape index (κ2) is 7.32. The smallest absolute Gasteiger partial charge is 0.254 e. The van der Waals surface area contributed by atoms with Crippen molar-refractivity contribution < 1.29 is 9.59 Å². The molecule has 1 aromatic carbocycles. The zero-order valence-electron chi connectivity index (χ0n) is 16.7. The number of anilines is 1. The molecule has 4 rings (SSSR count). The van der Waals surface area contributed by atoms with E-state index in [1.54, 1.807) is 0 Å². The van der Waals surface area contributed by atoms with Gasteiger partial charge in [0.15, 0.2) is 5.13 Å². The predicted octanol–water partition coefficient (Wildman–Crippen LogP) is 4.74. The van der Waals surface area contributed by atoms with Crippen LogP contribution in [0.3, 0.4) is 0 Å². The first kappa shape index (κ1) is 19.1. The molecule has 2 amide bonds. The van der Waals surface area contributed by atoms with Crippen molar-refractivity contribution in [3.8, 4) is 0 Å². The van der Waals surface area contributed by atoms with Crippen molar-refractivity contribution in [3.05, 3.63) is 46.5 Å². The van der Waals surface area contributed by atoms with E-state index in [0.717, 1.165) is 43.4 Å². The highest BCUT2D eigenvalue weighted by Gasteiger charge is 2.56. The first-order valence-electron chi connectivity index (χ1n) is 10.1. The van der Waals surface area contributed by atoms with Gasteiger partial charge >= 0.3 is 0 Å². The average Bonchev–Trinajstić information content (AvgIpc) is 3.31. The summed E-state index contributed by atoms with van der Waals surface area (Å²) in [6, 6.07) is 7.73. The summed E-state index contributed by atoms with van der Waals surface area (Å²) >= 11 is 1.44. The van der Waals surface area contributed by atoms with E-state index in [-0.39, 0.29) is 23.8 Å². The lowest BCUT2D eigenvalue weighted by Gasteiger charge is -2.52. The Morgan fingerprint density at radius 3 is 2.71 bits per heavy atom. The van der Waals surface area contributed by atoms with E-state index in [2.05, 4.69) is 24.1 Å². The Morgan fingerprint density at radius 1 is 1.36 bits per heavy atom. The summed E-state index contributed by atoms with van der Waals surface area (Å²) in [6.45, 7) is 6.13. The average molecular weight is 398 g/mol. The van der Waals surface area contributed by atoms with Crippen molar-refractivity contribution in [3.63, 3.8) is 0 Å². The summed E-state index contributed by atoms with van der Waals surface area (Å²) in [5.41, 5.74) is 1.98. The fraction of sp³-hybridized carbons (Fsp3) is 0.500. The molecule has 0 bridgehead atoms. The zero-order valence-corrected chi connectivity index (χ0v) is 17.5. The van der Waals surface area contributed by atoms with Gasteiger partial charge < -0.3 is 10.2 Å². The van der Waals surface area contributed by atoms with Gasteiger partial charge in [0.25, 0.3) is 5.91 Å². The van der Waals surface area contributed by atoms with Gasteiger partial charge in [-0.3, -0.25) is 9.59 Å². The molecule has 28 heavy (non-hydrogen) atoms. The summed E-state index contributed by atoms with van der Waals surface area (Å²) in [6.07, 6.45) is 4.69. The number of aromatic nitrogens is 1. The largest absolute Gasteiger partial charge is 0.329 e. The number of nitrogens with one attached hydrogen (secondary N) is 1. The van der Waals surface area contributed by atoms with E-state index in [0.29, 0.717) is 10.7 Å². The molecule has 1 fully saturated rings. The highest BCUT2D eigenvalue weighted by Crippen LogP contribution is 2.51. The van der Waals surface area contributed by atoms with Crippen LogP contribution in [0, 0.1) is 6.92 Å². The molecule has 0 radical (unpaired) electrons. The molecule has 2 aliphatic rings. The second-order valence-electron chi connectivity index (χ2n) is 8.05. The first-order valence-corrected chi connectivity index (χ1v) is 11.0. The Kier molecular flexibility index (Phi) is 5.00. The number of aryl methyl sites for hydroxylation is 1. The van der Waals surface area contributed by atoms with Crippen molar-refractivity contribution in [2.45, 2.75) is 70.4 Å². The van der Waals surface area contributed by atoms with Crippen LogP contribution in [0.4, 0.5) is 5.13 Å². The van der Waals surface area contributed by atoms with E-state index >= 15 is 0 Å². The summed E-state index contributed by atoms with van der Waals surface area (Å²) in [5.74, 6) is -0.354. The van der Waals surface area contributed by atoms with Gasteiger partial charge in [0.1, 0.15) is 0 Å². The van der Waals surface area contributed by atoms with Gasteiger partial charge in [-0.05, 0) is 44.7 Å². The monoisotopic (exact) mass is 397 g/mol. The van der Waals surface area contributed by atoms with Crippen LogP contribution >= 0.6 is 11.3 Å². The van der Waals surface area contributed by atoms with Crippen molar-refractivity contribution >= 4 is 28.3 Å². The maximum Gasteiger partial charge on any atom is 0.254 e. The van der Waals surface area contributed by atoms with Crippen molar-refractivity contribution in [2.75, 3.05) is 5.32 Å². The third kappa shape index (κ3) is 2.94. The van der Waals surface area contributed by atoms with Crippen LogP contribution in [0.2, 0.25) is 0 Å². The minimum Gasteiger partial charge on any atom is -0.329 e. The molecule has 1 N–H and O–H groups in total. The number of benzene rings is 1. The lowest BCUT2D eigenvalue weighted by Crippen LogP contribution is -2.62. The number of fused-ring (bicyclic) bond motifs is 1. The maximum atomic E-state index is 13.6. The molecule has 1 saturated carbocycles. The molecule has 2 heterocycles. The van der Waals surface area contributed by atoms with E-state index in [4.69, 9.17) is 0 Å². The molecular weight excluding hydrogens is 370 g/mol. The lowest BCUT2D eigenvalue weighted by atomic mass is 9.70. The molecule has 0 unspecified atom stereocenters. The fourth-order valence-corrected chi connectivity index (χ4v) is 5.71. The van der Waals surface area contributed by atoms with Gasteiger partial charge in [-0.25, -0.2) is 4.98 Å². The Morgan fingerprint density at radius 2 is 2.07 bits per heavy atom. The summed E-state index contributed by atoms with van der Waals surface area (Å²) in [7, 11) is 0. The Bertz CT molecular complexity index is 901. The van der Waals surface area contributed by atoms with Crippen molar-refractivity contribution in [1.29, 1.82) is 0 Å². The van der Waals surface area contributed by atoms with Gasteiger partial charge in [-0.1, -0.05) is 38.0 Å². The number of thiazole rings is 1. The second-order valence-corrected chi connectivity index (χ2v) is 8.90. The Labute approximate surface area is 170 Å². The molecule has 1 aromatic heterocycles. The molecule has 5 nitrogen and oxygen atoms in total. The summed E-state index contributed by atoms with van der Waals surface area (Å²) < 4.78 is 0. The van der Waals surface area contributed by atoms with E-state index in [1.165, 1.54) is 11.3 Å². The zero-order chi connectivity index (χ0) is 19.9. The highest BCUT2D eigenvalue weighted by molar-refractivity contribution is 7.13. The molecule has 148 valence electrons. The van der Waals surface area contributed by atoms with E-state index in [1.807, 2.05) is 41.5 Å². The lowest BCUT2D eigenvalue weighted by molar-refractivity contribution is -0.121. The Balaban J connectivity index is 1.83. The molecule has 1 aliphatic carbocycles. The molecule has 6 heteroatoms. The van der Waals surface area contributed by atoms with Gasteiger partial charge in [0.05, 0.1) is 17.2 Å². The van der Waals surface area contributed by atoms with Crippen molar-refractivity contribution in [1.82, 2.24) is 9.88 Å². The van der Waals surface area contributed by atoms with Gasteiger partial charge in [-0.15, -0.1) is 11.3 Å².